The van der Waals surface area contributed by atoms with Crippen LogP contribution in [0, 0.1) is 13.8 Å². The van der Waals surface area contributed by atoms with Crippen LogP contribution in [0.3, 0.4) is 0 Å². The Labute approximate surface area is 167 Å². The van der Waals surface area contributed by atoms with Crippen LogP contribution in [-0.4, -0.2) is 33.7 Å². The Morgan fingerprint density at radius 1 is 1.07 bits per heavy atom. The second-order valence-electron chi connectivity index (χ2n) is 7.03. The number of nitrogens with zero attached hydrogens (tertiary/aromatic N) is 1. The molecule has 2 aromatic carbocycles. The molecule has 2 atom stereocenters. The standard InChI is InChI=1S/C21H28N2O4S/c1-14-7-8-15(2)20(13-14)23(28(6,25)26)17(4)21(24)22-16(3)18-9-11-19(27-5)12-10-18/h7-13,16-17H,1-6H3,(H,22,24). The van der Waals surface area contributed by atoms with Gasteiger partial charge in [0.05, 0.1) is 25.1 Å². The molecule has 0 bridgehead atoms. The summed E-state index contributed by atoms with van der Waals surface area (Å²) in [6, 6.07) is 11.8. The number of hydrogen-bond acceptors (Lipinski definition) is 4. The molecule has 2 aromatic rings. The number of nitrogens with one attached hydrogen (secondary N) is 1. The molecule has 0 aromatic heterocycles. The average Bonchev–Trinajstić information content (AvgIpc) is 2.63. The van der Waals surface area contributed by atoms with Crippen LogP contribution in [0.4, 0.5) is 5.69 Å². The highest BCUT2D eigenvalue weighted by atomic mass is 32.2. The number of hydrogen-bond donors (Lipinski definition) is 1. The number of carbonyl (C=O) groups excluding carboxylic acids is 1. The first kappa shape index (κ1) is 21.8. The summed E-state index contributed by atoms with van der Waals surface area (Å²) in [6.07, 6.45) is 1.12. The summed E-state index contributed by atoms with van der Waals surface area (Å²) in [5.74, 6) is 0.364. The quantitative estimate of drug-likeness (QED) is 0.768. The van der Waals surface area contributed by atoms with E-state index in [9.17, 15) is 13.2 Å². The molecule has 0 aliphatic heterocycles. The van der Waals surface area contributed by atoms with Crippen LogP contribution in [0.2, 0.25) is 0 Å². The number of anilines is 1. The first-order chi connectivity index (χ1) is 13.0. The van der Waals surface area contributed by atoms with E-state index in [1.807, 2.05) is 57.2 Å². The van der Waals surface area contributed by atoms with E-state index in [4.69, 9.17) is 4.74 Å². The molecule has 0 spiro atoms. The molecule has 1 amide bonds. The smallest absolute Gasteiger partial charge is 0.244 e. The molecular formula is C21H28N2O4S. The van der Waals surface area contributed by atoms with Crippen LogP contribution in [0.5, 0.6) is 5.75 Å². The lowest BCUT2D eigenvalue weighted by molar-refractivity contribution is -0.122. The Morgan fingerprint density at radius 3 is 2.21 bits per heavy atom. The van der Waals surface area contributed by atoms with Crippen LogP contribution in [-0.2, 0) is 14.8 Å². The van der Waals surface area contributed by atoms with Crippen molar-refractivity contribution >= 4 is 21.6 Å². The van der Waals surface area contributed by atoms with Crippen LogP contribution >= 0.6 is 0 Å². The van der Waals surface area contributed by atoms with Gasteiger partial charge in [-0.15, -0.1) is 0 Å². The fourth-order valence-corrected chi connectivity index (χ4v) is 4.27. The molecule has 0 radical (unpaired) electrons. The molecule has 0 saturated heterocycles. The Morgan fingerprint density at radius 2 is 1.68 bits per heavy atom. The molecule has 152 valence electrons. The lowest BCUT2D eigenvalue weighted by Gasteiger charge is -2.30. The molecule has 28 heavy (non-hydrogen) atoms. The van der Waals surface area contributed by atoms with Crippen molar-refractivity contribution in [2.45, 2.75) is 39.8 Å². The molecular weight excluding hydrogens is 376 g/mol. The predicted octanol–water partition coefficient (Wildman–Crippen LogP) is 3.34. The topological polar surface area (TPSA) is 75.7 Å². The highest BCUT2D eigenvalue weighted by Gasteiger charge is 2.30. The van der Waals surface area contributed by atoms with E-state index in [0.717, 1.165) is 28.7 Å². The van der Waals surface area contributed by atoms with E-state index in [1.54, 1.807) is 20.1 Å². The predicted molar refractivity (Wildman–Crippen MR) is 112 cm³/mol. The largest absolute Gasteiger partial charge is 0.497 e. The van der Waals surface area contributed by atoms with Crippen molar-refractivity contribution in [3.05, 3.63) is 59.2 Å². The second kappa shape index (κ2) is 8.65. The number of sulfonamides is 1. The first-order valence-corrected chi connectivity index (χ1v) is 10.9. The number of ether oxygens (including phenoxy) is 1. The van der Waals surface area contributed by atoms with Crippen molar-refractivity contribution in [2.24, 2.45) is 0 Å². The Balaban J connectivity index is 2.27. The first-order valence-electron chi connectivity index (χ1n) is 9.05. The van der Waals surface area contributed by atoms with Crippen molar-refractivity contribution in [2.75, 3.05) is 17.7 Å². The molecule has 6 nitrogen and oxygen atoms in total. The fraction of sp³-hybridized carbons (Fsp3) is 0.381. The zero-order valence-electron chi connectivity index (χ0n) is 17.2. The molecule has 0 heterocycles. The van der Waals surface area contributed by atoms with Crippen molar-refractivity contribution in [1.29, 1.82) is 0 Å². The van der Waals surface area contributed by atoms with E-state index < -0.39 is 16.1 Å². The molecule has 2 unspecified atom stereocenters. The summed E-state index contributed by atoms with van der Waals surface area (Å²) in [5.41, 5.74) is 3.13. The maximum Gasteiger partial charge on any atom is 0.244 e. The van der Waals surface area contributed by atoms with E-state index in [1.165, 1.54) is 4.31 Å². The highest BCUT2D eigenvalue weighted by molar-refractivity contribution is 7.92. The SMILES string of the molecule is COc1ccc(C(C)NC(=O)C(C)N(c2cc(C)ccc2C)S(C)(=O)=O)cc1. The number of methoxy groups -OCH3 is 1. The molecule has 0 aliphatic rings. The van der Waals surface area contributed by atoms with Gasteiger partial charge in [0.2, 0.25) is 15.9 Å². The van der Waals surface area contributed by atoms with Gasteiger partial charge in [-0.25, -0.2) is 8.42 Å². The molecule has 0 saturated carbocycles. The Bertz CT molecular complexity index is 939. The summed E-state index contributed by atoms with van der Waals surface area (Å²) < 4.78 is 31.3. The Hall–Kier alpha value is -2.54. The van der Waals surface area contributed by atoms with Crippen LogP contribution in [0.25, 0.3) is 0 Å². The summed E-state index contributed by atoms with van der Waals surface area (Å²) in [5, 5.41) is 2.90. The third-order valence-corrected chi connectivity index (χ3v) is 5.89. The average molecular weight is 405 g/mol. The van der Waals surface area contributed by atoms with Gasteiger partial charge in [-0.2, -0.15) is 0 Å². The number of benzene rings is 2. The van der Waals surface area contributed by atoms with Gasteiger partial charge in [-0.05, 0) is 62.6 Å². The monoisotopic (exact) mass is 404 g/mol. The van der Waals surface area contributed by atoms with Crippen molar-refractivity contribution in [3.8, 4) is 5.75 Å². The van der Waals surface area contributed by atoms with Crippen LogP contribution in [0.1, 0.15) is 36.6 Å². The summed E-state index contributed by atoms with van der Waals surface area (Å²) in [7, 11) is -2.06. The number of carbonyl (C=O) groups is 1. The molecule has 2 rings (SSSR count). The van der Waals surface area contributed by atoms with E-state index in [2.05, 4.69) is 5.32 Å². The third-order valence-electron chi connectivity index (χ3n) is 4.67. The van der Waals surface area contributed by atoms with Crippen molar-refractivity contribution in [3.63, 3.8) is 0 Å². The summed E-state index contributed by atoms with van der Waals surface area (Å²) >= 11 is 0. The minimum Gasteiger partial charge on any atom is -0.497 e. The molecule has 1 N–H and O–H groups in total. The van der Waals surface area contributed by atoms with Gasteiger partial charge in [0.1, 0.15) is 11.8 Å². The highest BCUT2D eigenvalue weighted by Crippen LogP contribution is 2.27. The van der Waals surface area contributed by atoms with Gasteiger partial charge < -0.3 is 10.1 Å². The third kappa shape index (κ3) is 5.04. The fourth-order valence-electron chi connectivity index (χ4n) is 3.05. The zero-order chi connectivity index (χ0) is 21.1. The normalized spacial score (nSPS) is 13.5. The number of aryl methyl sites for hydroxylation is 2. The summed E-state index contributed by atoms with van der Waals surface area (Å²) in [4.78, 5) is 12.9. The maximum absolute atomic E-state index is 12.9. The molecule has 7 heteroatoms. The lowest BCUT2D eigenvalue weighted by Crippen LogP contribution is -2.48. The van der Waals surface area contributed by atoms with Gasteiger partial charge in [-0.1, -0.05) is 24.3 Å². The van der Waals surface area contributed by atoms with Crippen LogP contribution < -0.4 is 14.4 Å². The molecule has 0 aliphatic carbocycles. The van der Waals surface area contributed by atoms with Gasteiger partial charge in [-0.3, -0.25) is 9.10 Å². The van der Waals surface area contributed by atoms with Gasteiger partial charge >= 0.3 is 0 Å². The van der Waals surface area contributed by atoms with Crippen LogP contribution in [0.15, 0.2) is 42.5 Å². The van der Waals surface area contributed by atoms with Gasteiger partial charge in [0.25, 0.3) is 0 Å². The van der Waals surface area contributed by atoms with Crippen molar-refractivity contribution in [1.82, 2.24) is 5.32 Å². The Kier molecular flexibility index (Phi) is 6.72. The zero-order valence-corrected chi connectivity index (χ0v) is 18.0. The van der Waals surface area contributed by atoms with E-state index in [-0.39, 0.29) is 11.9 Å². The maximum atomic E-state index is 12.9. The van der Waals surface area contributed by atoms with Crippen molar-refractivity contribution < 1.29 is 17.9 Å². The van der Waals surface area contributed by atoms with Gasteiger partial charge in [0, 0.05) is 0 Å². The second-order valence-corrected chi connectivity index (χ2v) is 8.89. The minimum atomic E-state index is -3.65. The van der Waals surface area contributed by atoms with E-state index in [0.29, 0.717) is 5.69 Å². The number of rotatable bonds is 7. The van der Waals surface area contributed by atoms with E-state index >= 15 is 0 Å². The summed E-state index contributed by atoms with van der Waals surface area (Å²) in [6.45, 7) is 7.17. The minimum absolute atomic E-state index is 0.277. The van der Waals surface area contributed by atoms with Gasteiger partial charge in [0.15, 0.2) is 0 Å². The molecule has 0 fully saturated rings. The number of amides is 1. The lowest BCUT2D eigenvalue weighted by atomic mass is 10.1.